The molecule has 0 amide bonds. The van der Waals surface area contributed by atoms with Crippen molar-refractivity contribution in [3.05, 3.63) is 85.7 Å². The zero-order valence-electron chi connectivity index (χ0n) is 23.6. The van der Waals surface area contributed by atoms with Gasteiger partial charge in [-0.2, -0.15) is 9.78 Å². The average molecular weight is 559 g/mol. The molecule has 0 aliphatic carbocycles. The molecule has 0 saturated heterocycles. The van der Waals surface area contributed by atoms with E-state index in [1.807, 2.05) is 26.0 Å². The number of carbonyl (C=O) groups excluding carboxylic acids is 1. The summed E-state index contributed by atoms with van der Waals surface area (Å²) in [6.07, 6.45) is 1.29. The molecule has 0 radical (unpaired) electrons. The maximum Gasteiger partial charge on any atom is 0.316 e. The minimum atomic E-state index is -0.738. The lowest BCUT2D eigenvalue weighted by atomic mass is 9.96. The number of aryl methyl sites for hydroxylation is 1. The van der Waals surface area contributed by atoms with Crippen LogP contribution in [0.15, 0.2) is 58.4 Å². The highest BCUT2D eigenvalue weighted by Gasteiger charge is 2.24. The number of rotatable bonds is 9. The number of nitro groups is 1. The molecule has 11 heteroatoms. The maximum absolute atomic E-state index is 13.7. The number of methoxy groups -OCH3 is 1. The molecule has 0 aliphatic heterocycles. The number of nitro benzene ring substituents is 1. The molecule has 1 heterocycles. The van der Waals surface area contributed by atoms with Crippen LogP contribution in [0.5, 0.6) is 17.2 Å². The van der Waals surface area contributed by atoms with E-state index in [1.165, 1.54) is 30.1 Å². The smallest absolute Gasteiger partial charge is 0.316 e. The number of benzene rings is 3. The summed E-state index contributed by atoms with van der Waals surface area (Å²) >= 11 is 0. The van der Waals surface area contributed by atoms with E-state index in [2.05, 4.69) is 18.9 Å². The zero-order chi connectivity index (χ0) is 29.8. The number of hydrogen-bond donors (Lipinski definition) is 0. The van der Waals surface area contributed by atoms with Crippen molar-refractivity contribution >= 4 is 28.8 Å². The van der Waals surface area contributed by atoms with Gasteiger partial charge in [-0.25, -0.2) is 4.98 Å². The van der Waals surface area contributed by atoms with Crippen LogP contribution in [0, 0.1) is 17.0 Å². The summed E-state index contributed by atoms with van der Waals surface area (Å²) in [6.45, 7) is 9.56. The third-order valence-electron chi connectivity index (χ3n) is 6.32. The molecule has 11 nitrogen and oxygen atoms in total. The Morgan fingerprint density at radius 1 is 1.17 bits per heavy atom. The number of esters is 1. The molecular formula is C30H30N4O7. The molecular weight excluding hydrogens is 528 g/mol. The largest absolute Gasteiger partial charge is 0.494 e. The van der Waals surface area contributed by atoms with Gasteiger partial charge in [-0.3, -0.25) is 19.7 Å². The molecule has 0 atom stereocenters. The van der Waals surface area contributed by atoms with Crippen molar-refractivity contribution in [3.63, 3.8) is 0 Å². The number of carbonyl (C=O) groups is 1. The molecule has 0 unspecified atom stereocenters. The highest BCUT2D eigenvalue weighted by molar-refractivity contribution is 5.85. The molecule has 212 valence electrons. The quantitative estimate of drug-likeness (QED) is 0.0849. The van der Waals surface area contributed by atoms with E-state index in [0.29, 0.717) is 28.9 Å². The van der Waals surface area contributed by atoms with Crippen LogP contribution in [-0.4, -0.2) is 40.5 Å². The van der Waals surface area contributed by atoms with E-state index in [9.17, 15) is 19.7 Å². The molecule has 4 rings (SSSR count). The van der Waals surface area contributed by atoms with Crippen LogP contribution < -0.4 is 19.8 Å². The van der Waals surface area contributed by atoms with Gasteiger partial charge < -0.3 is 14.2 Å². The fraction of sp³-hybridized carbons (Fsp3) is 0.267. The Morgan fingerprint density at radius 3 is 2.54 bits per heavy atom. The SMILES string of the molecule is CCOc1cc(C)c(-c2nc3ccccc3c(=O)n2N=Cc2cc(OC)c(OC(C)=O)c([N+](=O)[O-])c2)cc1C(C)C. The fourth-order valence-electron chi connectivity index (χ4n) is 4.42. The van der Waals surface area contributed by atoms with Crippen LogP contribution in [0.3, 0.4) is 0 Å². The normalized spacial score (nSPS) is 11.3. The standard InChI is InChI=1S/C30H30N4O7/c1-7-40-26-12-18(4)23(15-22(26)17(2)3)29-32-24-11-9-8-10-21(24)30(36)33(29)31-16-20-13-25(34(37)38)28(41-19(5)35)27(14-20)39-6/h8-17H,7H2,1-6H3. The number of hydrogen-bond acceptors (Lipinski definition) is 9. The van der Waals surface area contributed by atoms with Gasteiger partial charge in [-0.05, 0) is 61.2 Å². The minimum absolute atomic E-state index is 0.0380. The Hall–Kier alpha value is -5.06. The van der Waals surface area contributed by atoms with Crippen LogP contribution in [0.4, 0.5) is 5.69 Å². The number of aromatic nitrogens is 2. The van der Waals surface area contributed by atoms with E-state index < -0.39 is 22.1 Å². The second kappa shape index (κ2) is 12.0. The first-order valence-corrected chi connectivity index (χ1v) is 12.9. The third-order valence-corrected chi connectivity index (χ3v) is 6.32. The molecule has 41 heavy (non-hydrogen) atoms. The Labute approximate surface area is 236 Å². The molecule has 0 N–H and O–H groups in total. The second-order valence-electron chi connectivity index (χ2n) is 9.53. The van der Waals surface area contributed by atoms with Crippen molar-refractivity contribution in [2.24, 2.45) is 5.10 Å². The summed E-state index contributed by atoms with van der Waals surface area (Å²) in [7, 11) is 1.30. The average Bonchev–Trinajstić information content (AvgIpc) is 2.92. The maximum atomic E-state index is 13.7. The third kappa shape index (κ3) is 5.93. The summed E-state index contributed by atoms with van der Waals surface area (Å²) < 4.78 is 17.3. The van der Waals surface area contributed by atoms with E-state index in [1.54, 1.807) is 24.3 Å². The van der Waals surface area contributed by atoms with Crippen molar-refractivity contribution < 1.29 is 23.9 Å². The first-order valence-electron chi connectivity index (χ1n) is 12.9. The van der Waals surface area contributed by atoms with Crippen molar-refractivity contribution in [3.8, 4) is 28.6 Å². The minimum Gasteiger partial charge on any atom is -0.494 e. The van der Waals surface area contributed by atoms with Gasteiger partial charge in [0.1, 0.15) is 5.75 Å². The molecule has 1 aromatic heterocycles. The predicted octanol–water partition coefficient (Wildman–Crippen LogP) is 5.62. The number of nitrogens with zero attached hydrogens (tertiary/aromatic N) is 4. The van der Waals surface area contributed by atoms with Gasteiger partial charge in [0.15, 0.2) is 11.6 Å². The lowest BCUT2D eigenvalue weighted by Gasteiger charge is -2.18. The second-order valence-corrected chi connectivity index (χ2v) is 9.53. The number of fused-ring (bicyclic) bond motifs is 1. The van der Waals surface area contributed by atoms with Gasteiger partial charge in [-0.15, -0.1) is 0 Å². The zero-order valence-corrected chi connectivity index (χ0v) is 23.6. The Bertz CT molecular complexity index is 1740. The van der Waals surface area contributed by atoms with Gasteiger partial charge in [0, 0.05) is 24.1 Å². The number of ether oxygens (including phenoxy) is 3. The molecule has 0 spiro atoms. The topological polar surface area (TPSA) is 135 Å². The summed E-state index contributed by atoms with van der Waals surface area (Å²) in [5.41, 5.74) is 2.29. The van der Waals surface area contributed by atoms with Crippen LogP contribution >= 0.6 is 0 Å². The Kier molecular flexibility index (Phi) is 8.46. The van der Waals surface area contributed by atoms with Crippen LogP contribution in [-0.2, 0) is 4.79 Å². The first kappa shape index (κ1) is 28.9. The number of para-hydroxylation sites is 1. The van der Waals surface area contributed by atoms with Crippen molar-refractivity contribution in [1.82, 2.24) is 9.66 Å². The predicted molar refractivity (Wildman–Crippen MR) is 155 cm³/mol. The van der Waals surface area contributed by atoms with E-state index >= 15 is 0 Å². The molecule has 4 aromatic rings. The van der Waals surface area contributed by atoms with E-state index in [-0.39, 0.29) is 23.0 Å². The lowest BCUT2D eigenvalue weighted by Crippen LogP contribution is -2.21. The van der Waals surface area contributed by atoms with Gasteiger partial charge in [0.25, 0.3) is 5.56 Å². The summed E-state index contributed by atoms with van der Waals surface area (Å²) in [6, 6.07) is 13.4. The van der Waals surface area contributed by atoms with Gasteiger partial charge >= 0.3 is 11.7 Å². The Morgan fingerprint density at radius 2 is 1.90 bits per heavy atom. The molecule has 0 aliphatic rings. The molecule has 0 bridgehead atoms. The monoisotopic (exact) mass is 558 g/mol. The van der Waals surface area contributed by atoms with Crippen molar-refractivity contribution in [2.45, 2.75) is 40.5 Å². The first-order chi connectivity index (χ1) is 19.5. The van der Waals surface area contributed by atoms with Crippen LogP contribution in [0.25, 0.3) is 22.3 Å². The van der Waals surface area contributed by atoms with Gasteiger partial charge in [-0.1, -0.05) is 26.0 Å². The van der Waals surface area contributed by atoms with Gasteiger partial charge in [0.2, 0.25) is 5.75 Å². The Balaban J connectivity index is 1.96. The highest BCUT2D eigenvalue weighted by atomic mass is 16.6. The van der Waals surface area contributed by atoms with Crippen molar-refractivity contribution in [1.29, 1.82) is 0 Å². The van der Waals surface area contributed by atoms with Crippen LogP contribution in [0.2, 0.25) is 0 Å². The summed E-state index contributed by atoms with van der Waals surface area (Å²) in [4.78, 5) is 41.1. The van der Waals surface area contributed by atoms with E-state index in [0.717, 1.165) is 23.8 Å². The molecule has 0 saturated carbocycles. The van der Waals surface area contributed by atoms with E-state index in [4.69, 9.17) is 19.2 Å². The van der Waals surface area contributed by atoms with Gasteiger partial charge in [0.05, 0.1) is 35.8 Å². The van der Waals surface area contributed by atoms with Crippen molar-refractivity contribution in [2.75, 3.05) is 13.7 Å². The fourth-order valence-corrected chi connectivity index (χ4v) is 4.42. The summed E-state index contributed by atoms with van der Waals surface area (Å²) in [5.74, 6) is 0.0868. The molecule has 0 fully saturated rings. The lowest BCUT2D eigenvalue weighted by molar-refractivity contribution is -0.385. The van der Waals surface area contributed by atoms with Crippen LogP contribution in [0.1, 0.15) is 50.3 Å². The highest BCUT2D eigenvalue weighted by Crippen LogP contribution is 2.38. The summed E-state index contributed by atoms with van der Waals surface area (Å²) in [5, 5.41) is 16.6. The molecule has 3 aromatic carbocycles.